The summed E-state index contributed by atoms with van der Waals surface area (Å²) >= 11 is 0. The molecule has 1 aliphatic rings. The topological polar surface area (TPSA) is 94.2 Å². The number of benzene rings is 1. The summed E-state index contributed by atoms with van der Waals surface area (Å²) in [5.41, 5.74) is 0.0135. The molecule has 9 heteroatoms. The van der Waals surface area contributed by atoms with Crippen LogP contribution < -0.4 is 10.2 Å². The highest BCUT2D eigenvalue weighted by Gasteiger charge is 2.33. The molecule has 0 atom stereocenters. The van der Waals surface area contributed by atoms with Gasteiger partial charge in [0.1, 0.15) is 18.2 Å². The van der Waals surface area contributed by atoms with Crippen LogP contribution in [0, 0.1) is 5.82 Å². The maximum Gasteiger partial charge on any atom is 0.355 e. The van der Waals surface area contributed by atoms with E-state index in [4.69, 9.17) is 9.47 Å². The molecule has 1 aromatic rings. The van der Waals surface area contributed by atoms with Crippen LogP contribution in [0.25, 0.3) is 0 Å². The first kappa shape index (κ1) is 19.4. The Kier molecular flexibility index (Phi) is 6.29. The van der Waals surface area contributed by atoms with Crippen LogP contribution in [0.1, 0.15) is 13.3 Å². The van der Waals surface area contributed by atoms with Crippen LogP contribution in [-0.2, 0) is 28.6 Å². The Morgan fingerprint density at radius 1 is 1.23 bits per heavy atom. The van der Waals surface area contributed by atoms with Gasteiger partial charge in [0.05, 0.1) is 32.1 Å². The molecule has 26 heavy (non-hydrogen) atoms. The molecule has 0 bridgehead atoms. The van der Waals surface area contributed by atoms with E-state index in [1.54, 1.807) is 6.92 Å². The standard InChI is InChI=1S/C17H19FN2O6/c1-4-14(21)19-10-5-6-12(18)13(7-10)20-9-26-8-11(16(22)24-2)15(20)17(23)25-3/h5-7H,4,8-9H2,1-3H3,(H,19,21). The molecular weight excluding hydrogens is 347 g/mol. The molecule has 2 rings (SSSR count). The van der Waals surface area contributed by atoms with Crippen LogP contribution in [-0.4, -0.2) is 45.4 Å². The smallest absolute Gasteiger partial charge is 0.355 e. The van der Waals surface area contributed by atoms with Crippen molar-refractivity contribution >= 4 is 29.2 Å². The second kappa shape index (κ2) is 8.43. The molecule has 0 spiro atoms. The summed E-state index contributed by atoms with van der Waals surface area (Å²) in [5, 5.41) is 2.60. The largest absolute Gasteiger partial charge is 0.466 e. The maximum absolute atomic E-state index is 14.4. The van der Waals surface area contributed by atoms with Crippen molar-refractivity contribution in [3.63, 3.8) is 0 Å². The van der Waals surface area contributed by atoms with Gasteiger partial charge in [-0.1, -0.05) is 6.92 Å². The van der Waals surface area contributed by atoms with Crippen LogP contribution in [0.15, 0.2) is 29.5 Å². The molecule has 8 nitrogen and oxygen atoms in total. The summed E-state index contributed by atoms with van der Waals surface area (Å²) < 4.78 is 29.1. The fourth-order valence-electron chi connectivity index (χ4n) is 2.38. The lowest BCUT2D eigenvalue weighted by Crippen LogP contribution is -2.39. The predicted molar refractivity (Wildman–Crippen MR) is 89.7 cm³/mol. The van der Waals surface area contributed by atoms with Crippen LogP contribution in [0.5, 0.6) is 0 Å². The molecule has 0 aliphatic carbocycles. The summed E-state index contributed by atoms with van der Waals surface area (Å²) in [6.45, 7) is 1.31. The average Bonchev–Trinajstić information content (AvgIpc) is 2.67. The highest BCUT2D eigenvalue weighted by molar-refractivity contribution is 6.03. The minimum atomic E-state index is -0.837. The Morgan fingerprint density at radius 2 is 1.92 bits per heavy atom. The van der Waals surface area contributed by atoms with Crippen molar-refractivity contribution in [2.75, 3.05) is 37.8 Å². The van der Waals surface area contributed by atoms with Crippen LogP contribution >= 0.6 is 0 Å². The number of halogens is 1. The van der Waals surface area contributed by atoms with Gasteiger partial charge in [-0.05, 0) is 18.2 Å². The molecule has 1 aliphatic heterocycles. The Morgan fingerprint density at radius 3 is 2.54 bits per heavy atom. The number of nitrogens with one attached hydrogen (secondary N) is 1. The number of hydrogen-bond acceptors (Lipinski definition) is 7. The SMILES string of the molecule is CCC(=O)Nc1ccc(F)c(N2COCC(C(=O)OC)=C2C(=O)OC)c1. The number of methoxy groups -OCH3 is 2. The zero-order valence-electron chi connectivity index (χ0n) is 14.6. The van der Waals surface area contributed by atoms with Crippen molar-refractivity contribution in [3.8, 4) is 0 Å². The minimum absolute atomic E-state index is 0.0552. The normalized spacial score (nSPS) is 14.1. The third-order valence-electron chi connectivity index (χ3n) is 3.67. The van der Waals surface area contributed by atoms with Gasteiger partial charge in [-0.2, -0.15) is 0 Å². The van der Waals surface area contributed by atoms with E-state index in [2.05, 4.69) is 10.1 Å². The monoisotopic (exact) mass is 366 g/mol. The van der Waals surface area contributed by atoms with Crippen molar-refractivity contribution in [1.29, 1.82) is 0 Å². The lowest BCUT2D eigenvalue weighted by molar-refractivity contribution is -0.140. The molecule has 0 aromatic heterocycles. The molecule has 1 amide bonds. The number of anilines is 2. The molecule has 0 fully saturated rings. The van der Waals surface area contributed by atoms with Gasteiger partial charge in [0.15, 0.2) is 0 Å². The summed E-state index contributed by atoms with van der Waals surface area (Å²) in [4.78, 5) is 36.9. The molecule has 0 saturated carbocycles. The number of nitrogens with zero attached hydrogens (tertiary/aromatic N) is 1. The van der Waals surface area contributed by atoms with Gasteiger partial charge >= 0.3 is 11.9 Å². The van der Waals surface area contributed by atoms with E-state index in [9.17, 15) is 18.8 Å². The zero-order valence-corrected chi connectivity index (χ0v) is 14.6. The quantitative estimate of drug-likeness (QED) is 0.791. The second-order valence-electron chi connectivity index (χ2n) is 5.28. The number of carbonyl (C=O) groups is 3. The van der Waals surface area contributed by atoms with Gasteiger partial charge in [-0.25, -0.2) is 14.0 Å². The number of esters is 2. The van der Waals surface area contributed by atoms with E-state index in [0.29, 0.717) is 5.69 Å². The molecule has 1 heterocycles. The van der Waals surface area contributed by atoms with Gasteiger partial charge < -0.3 is 24.4 Å². The van der Waals surface area contributed by atoms with E-state index in [0.717, 1.165) is 20.3 Å². The van der Waals surface area contributed by atoms with Crippen molar-refractivity contribution in [1.82, 2.24) is 0 Å². The molecule has 1 N–H and O–H groups in total. The van der Waals surface area contributed by atoms with Gasteiger partial charge in [-0.3, -0.25) is 4.79 Å². The van der Waals surface area contributed by atoms with E-state index < -0.39 is 17.8 Å². The molecule has 0 saturated heterocycles. The minimum Gasteiger partial charge on any atom is -0.466 e. The first-order valence-electron chi connectivity index (χ1n) is 7.77. The lowest BCUT2D eigenvalue weighted by Gasteiger charge is -2.31. The highest BCUT2D eigenvalue weighted by atomic mass is 19.1. The summed E-state index contributed by atoms with van der Waals surface area (Å²) in [6, 6.07) is 3.87. The molecule has 1 aromatic carbocycles. The first-order chi connectivity index (χ1) is 12.4. The molecule has 0 unspecified atom stereocenters. The van der Waals surface area contributed by atoms with Crippen molar-refractivity contribution in [2.45, 2.75) is 13.3 Å². The number of rotatable bonds is 5. The van der Waals surface area contributed by atoms with Crippen LogP contribution in [0.2, 0.25) is 0 Å². The summed E-state index contributed by atoms with van der Waals surface area (Å²) in [6.07, 6.45) is 0.249. The molecule has 0 radical (unpaired) electrons. The third-order valence-corrected chi connectivity index (χ3v) is 3.67. The maximum atomic E-state index is 14.4. The lowest BCUT2D eigenvalue weighted by atomic mass is 10.1. The number of carbonyl (C=O) groups excluding carboxylic acids is 3. The molecular formula is C17H19FN2O6. The van der Waals surface area contributed by atoms with E-state index in [1.807, 2.05) is 0 Å². The number of amides is 1. The van der Waals surface area contributed by atoms with Gasteiger partial charge in [0, 0.05) is 12.1 Å². The van der Waals surface area contributed by atoms with Crippen molar-refractivity contribution in [3.05, 3.63) is 35.3 Å². The average molecular weight is 366 g/mol. The second-order valence-corrected chi connectivity index (χ2v) is 5.28. The Balaban J connectivity index is 2.54. The Bertz CT molecular complexity index is 762. The fourth-order valence-corrected chi connectivity index (χ4v) is 2.38. The Labute approximate surface area is 149 Å². The number of hydrogen-bond donors (Lipinski definition) is 1. The summed E-state index contributed by atoms with van der Waals surface area (Å²) in [5.74, 6) is -2.55. The highest BCUT2D eigenvalue weighted by Crippen LogP contribution is 2.31. The third kappa shape index (κ3) is 3.99. The van der Waals surface area contributed by atoms with Gasteiger partial charge in [0.2, 0.25) is 5.91 Å². The predicted octanol–water partition coefficient (Wildman–Crippen LogP) is 1.57. The van der Waals surface area contributed by atoms with E-state index >= 15 is 0 Å². The van der Waals surface area contributed by atoms with Crippen molar-refractivity contribution in [2.24, 2.45) is 0 Å². The molecule has 140 valence electrons. The van der Waals surface area contributed by atoms with E-state index in [-0.39, 0.29) is 42.6 Å². The number of ether oxygens (including phenoxy) is 3. The van der Waals surface area contributed by atoms with Crippen molar-refractivity contribution < 1.29 is 33.0 Å². The fraction of sp³-hybridized carbons (Fsp3) is 0.353. The zero-order chi connectivity index (χ0) is 19.3. The van der Waals surface area contributed by atoms with E-state index in [1.165, 1.54) is 17.0 Å². The van der Waals surface area contributed by atoms with Gasteiger partial charge in [-0.15, -0.1) is 0 Å². The van der Waals surface area contributed by atoms with Crippen LogP contribution in [0.4, 0.5) is 15.8 Å². The Hall–Kier alpha value is -2.94. The van der Waals surface area contributed by atoms with Crippen LogP contribution in [0.3, 0.4) is 0 Å². The summed E-state index contributed by atoms with van der Waals surface area (Å²) in [7, 11) is 2.30. The first-order valence-corrected chi connectivity index (χ1v) is 7.77. The van der Waals surface area contributed by atoms with Gasteiger partial charge in [0.25, 0.3) is 0 Å².